The Hall–Kier alpha value is -1.09. The fourth-order valence-electron chi connectivity index (χ4n) is 3.20. The molecule has 3 atom stereocenters. The lowest BCUT2D eigenvalue weighted by Gasteiger charge is -2.27. The van der Waals surface area contributed by atoms with E-state index >= 15 is 0 Å². The van der Waals surface area contributed by atoms with E-state index in [1.165, 1.54) is 25.8 Å². The Morgan fingerprint density at radius 1 is 1.19 bits per heavy atom. The van der Waals surface area contributed by atoms with E-state index in [0.29, 0.717) is 6.04 Å². The summed E-state index contributed by atoms with van der Waals surface area (Å²) in [5.41, 5.74) is 6.04. The van der Waals surface area contributed by atoms with Crippen molar-refractivity contribution in [2.24, 2.45) is 17.6 Å². The zero-order chi connectivity index (χ0) is 11.0. The fourth-order valence-corrected chi connectivity index (χ4v) is 3.20. The first-order valence-electron chi connectivity index (χ1n) is 6.24. The Kier molecular flexibility index (Phi) is 2.56. The average molecular weight is 217 g/mol. The van der Waals surface area contributed by atoms with Crippen LogP contribution in [0, 0.1) is 11.8 Å². The molecule has 1 aromatic rings. The Labute approximate surface area is 96.7 Å². The number of pyridine rings is 1. The zero-order valence-corrected chi connectivity index (χ0v) is 9.55. The maximum absolute atomic E-state index is 6.04. The molecule has 3 rings (SSSR count). The number of anilines is 1. The van der Waals surface area contributed by atoms with E-state index in [-0.39, 0.29) is 0 Å². The monoisotopic (exact) mass is 217 g/mol. The van der Waals surface area contributed by atoms with Gasteiger partial charge in [-0.05, 0) is 43.2 Å². The topological polar surface area (TPSA) is 42.1 Å². The first-order chi connectivity index (χ1) is 7.83. The first-order valence-corrected chi connectivity index (χ1v) is 6.24. The maximum atomic E-state index is 6.04. The quantitative estimate of drug-likeness (QED) is 0.777. The van der Waals surface area contributed by atoms with E-state index in [4.69, 9.17) is 5.73 Å². The van der Waals surface area contributed by atoms with Gasteiger partial charge in [0.25, 0.3) is 0 Å². The predicted molar refractivity (Wildman–Crippen MR) is 65.3 cm³/mol. The molecule has 2 aliphatic rings. The van der Waals surface area contributed by atoms with Crippen LogP contribution in [0.2, 0.25) is 0 Å². The molecule has 16 heavy (non-hydrogen) atoms. The van der Waals surface area contributed by atoms with Crippen molar-refractivity contribution in [2.45, 2.75) is 25.3 Å². The van der Waals surface area contributed by atoms with Crippen molar-refractivity contribution in [1.29, 1.82) is 0 Å². The van der Waals surface area contributed by atoms with Crippen molar-refractivity contribution in [3.05, 3.63) is 24.4 Å². The Morgan fingerprint density at radius 3 is 2.88 bits per heavy atom. The minimum atomic E-state index is 0.435. The molecule has 3 nitrogen and oxygen atoms in total. The lowest BCUT2D eigenvalue weighted by atomic mass is 9.79. The number of nitrogens with zero attached hydrogens (tertiary/aromatic N) is 2. The molecule has 2 N–H and O–H groups in total. The second kappa shape index (κ2) is 4.06. The highest BCUT2D eigenvalue weighted by molar-refractivity contribution is 5.39. The summed E-state index contributed by atoms with van der Waals surface area (Å²) in [4.78, 5) is 6.86. The second-order valence-corrected chi connectivity index (χ2v) is 5.19. The molecule has 0 radical (unpaired) electrons. The molecule has 1 unspecified atom stereocenters. The normalized spacial score (nSPS) is 33.8. The highest BCUT2D eigenvalue weighted by Crippen LogP contribution is 2.36. The van der Waals surface area contributed by atoms with Crippen LogP contribution in [-0.2, 0) is 0 Å². The zero-order valence-electron chi connectivity index (χ0n) is 9.55. The van der Waals surface area contributed by atoms with Crippen LogP contribution < -0.4 is 10.6 Å². The molecule has 1 aliphatic heterocycles. The second-order valence-electron chi connectivity index (χ2n) is 5.19. The van der Waals surface area contributed by atoms with Gasteiger partial charge in [-0.2, -0.15) is 0 Å². The fraction of sp³-hybridized carbons (Fsp3) is 0.615. The molecule has 0 bridgehead atoms. The molecule has 1 saturated heterocycles. The van der Waals surface area contributed by atoms with Crippen LogP contribution in [0.15, 0.2) is 24.4 Å². The lowest BCUT2D eigenvalue weighted by Crippen LogP contribution is -2.32. The summed E-state index contributed by atoms with van der Waals surface area (Å²) in [6.07, 6.45) is 5.59. The molecule has 1 aromatic heterocycles. The van der Waals surface area contributed by atoms with Crippen molar-refractivity contribution in [3.63, 3.8) is 0 Å². The molecule has 2 heterocycles. The summed E-state index contributed by atoms with van der Waals surface area (Å²) in [5.74, 6) is 2.78. The molecule has 0 amide bonds. The Balaban J connectivity index is 1.73. The summed E-state index contributed by atoms with van der Waals surface area (Å²) < 4.78 is 0. The van der Waals surface area contributed by atoms with Gasteiger partial charge in [0.15, 0.2) is 0 Å². The summed E-state index contributed by atoms with van der Waals surface area (Å²) in [6.45, 7) is 2.32. The third-order valence-electron chi connectivity index (χ3n) is 4.06. The summed E-state index contributed by atoms with van der Waals surface area (Å²) >= 11 is 0. The number of hydrogen-bond donors (Lipinski definition) is 1. The molecule has 2 fully saturated rings. The van der Waals surface area contributed by atoms with Crippen LogP contribution >= 0.6 is 0 Å². The van der Waals surface area contributed by atoms with Gasteiger partial charge in [-0.1, -0.05) is 6.07 Å². The van der Waals surface area contributed by atoms with Gasteiger partial charge in [-0.25, -0.2) is 4.98 Å². The third-order valence-corrected chi connectivity index (χ3v) is 4.06. The number of rotatable bonds is 1. The molecular formula is C13H19N3. The molecule has 3 heteroatoms. The maximum Gasteiger partial charge on any atom is 0.128 e. The van der Waals surface area contributed by atoms with Crippen LogP contribution in [0.25, 0.3) is 0 Å². The van der Waals surface area contributed by atoms with E-state index in [1.54, 1.807) is 0 Å². The van der Waals surface area contributed by atoms with Gasteiger partial charge in [0.05, 0.1) is 0 Å². The average Bonchev–Trinajstić information content (AvgIpc) is 2.73. The van der Waals surface area contributed by atoms with Gasteiger partial charge in [-0.15, -0.1) is 0 Å². The lowest BCUT2D eigenvalue weighted by molar-refractivity contribution is 0.271. The predicted octanol–water partition coefficient (Wildman–Crippen LogP) is 1.65. The van der Waals surface area contributed by atoms with Crippen LogP contribution in [0.1, 0.15) is 19.3 Å². The molecule has 1 aliphatic carbocycles. The smallest absolute Gasteiger partial charge is 0.128 e. The van der Waals surface area contributed by atoms with Gasteiger partial charge in [0, 0.05) is 25.3 Å². The number of aromatic nitrogens is 1. The minimum Gasteiger partial charge on any atom is -0.356 e. The highest BCUT2D eigenvalue weighted by atomic mass is 15.2. The van der Waals surface area contributed by atoms with Crippen LogP contribution in [0.3, 0.4) is 0 Å². The van der Waals surface area contributed by atoms with Gasteiger partial charge in [0.2, 0.25) is 0 Å². The number of hydrogen-bond acceptors (Lipinski definition) is 3. The van der Waals surface area contributed by atoms with Crippen LogP contribution in [0.5, 0.6) is 0 Å². The molecular weight excluding hydrogens is 198 g/mol. The third kappa shape index (κ3) is 1.80. The van der Waals surface area contributed by atoms with E-state index in [1.807, 2.05) is 12.3 Å². The molecule has 0 aromatic carbocycles. The van der Waals surface area contributed by atoms with E-state index < -0.39 is 0 Å². The Morgan fingerprint density at radius 2 is 2.06 bits per heavy atom. The highest BCUT2D eigenvalue weighted by Gasteiger charge is 2.36. The van der Waals surface area contributed by atoms with Gasteiger partial charge < -0.3 is 10.6 Å². The standard InChI is InChI=1S/C13H19N3/c14-12-5-4-10-8-16(9-11(10)7-12)13-3-1-2-6-15-13/h1-3,6,10-12H,4-5,7-9,14H2/t10-,11+,12?/m1/s1. The summed E-state index contributed by atoms with van der Waals surface area (Å²) in [7, 11) is 0. The number of nitrogens with two attached hydrogens (primary N) is 1. The van der Waals surface area contributed by atoms with Crippen molar-refractivity contribution in [1.82, 2.24) is 4.98 Å². The SMILES string of the molecule is NC1CC[C@@H]2CN(c3ccccn3)C[C@@H]2C1. The largest absolute Gasteiger partial charge is 0.356 e. The Bertz CT molecular complexity index is 351. The van der Waals surface area contributed by atoms with E-state index in [0.717, 1.165) is 24.2 Å². The van der Waals surface area contributed by atoms with Gasteiger partial charge in [-0.3, -0.25) is 0 Å². The minimum absolute atomic E-state index is 0.435. The summed E-state index contributed by atoms with van der Waals surface area (Å²) in [5, 5.41) is 0. The van der Waals surface area contributed by atoms with Crippen LogP contribution in [-0.4, -0.2) is 24.1 Å². The molecule has 0 spiro atoms. The molecule has 1 saturated carbocycles. The van der Waals surface area contributed by atoms with E-state index in [2.05, 4.69) is 22.0 Å². The first kappa shape index (κ1) is 10.1. The van der Waals surface area contributed by atoms with Crippen molar-refractivity contribution in [3.8, 4) is 0 Å². The number of fused-ring (bicyclic) bond motifs is 1. The van der Waals surface area contributed by atoms with Crippen molar-refractivity contribution >= 4 is 5.82 Å². The van der Waals surface area contributed by atoms with Crippen LogP contribution in [0.4, 0.5) is 5.82 Å². The van der Waals surface area contributed by atoms with Crippen molar-refractivity contribution in [2.75, 3.05) is 18.0 Å². The van der Waals surface area contributed by atoms with E-state index in [9.17, 15) is 0 Å². The van der Waals surface area contributed by atoms with Gasteiger partial charge in [0.1, 0.15) is 5.82 Å². The van der Waals surface area contributed by atoms with Gasteiger partial charge >= 0.3 is 0 Å². The van der Waals surface area contributed by atoms with Crippen molar-refractivity contribution < 1.29 is 0 Å². The summed E-state index contributed by atoms with van der Waals surface area (Å²) in [6, 6.07) is 6.58. The molecule has 86 valence electrons.